The number of hydrogen-bond donors (Lipinski definition) is 0. The summed E-state index contributed by atoms with van der Waals surface area (Å²) >= 11 is 1.56. The lowest BCUT2D eigenvalue weighted by atomic mass is 9.74. The van der Waals surface area contributed by atoms with Gasteiger partial charge in [-0.25, -0.2) is 0 Å². The number of carbonyl (C=O) groups excluding carboxylic acids is 2. The highest BCUT2D eigenvalue weighted by Gasteiger charge is 2.40. The van der Waals surface area contributed by atoms with Gasteiger partial charge in [0.15, 0.2) is 5.78 Å². The Morgan fingerprint density at radius 2 is 2.08 bits per heavy atom. The van der Waals surface area contributed by atoms with Crippen LogP contribution in [0, 0.1) is 5.92 Å². The van der Waals surface area contributed by atoms with Crippen LogP contribution in [0.5, 0.6) is 5.75 Å². The molecule has 1 aliphatic carbocycles. The Balaban J connectivity index is 2.02. The first kappa shape index (κ1) is 17.4. The SMILES string of the molecule is CCOC(=O)C1C(=O)C=C(c2ccccc2OC)CC1c1ccsc1. The van der Waals surface area contributed by atoms with Crippen molar-refractivity contribution in [3.05, 3.63) is 58.3 Å². The zero-order valence-electron chi connectivity index (χ0n) is 14.2. The summed E-state index contributed by atoms with van der Waals surface area (Å²) in [5.41, 5.74) is 2.77. The van der Waals surface area contributed by atoms with E-state index in [0.717, 1.165) is 22.4 Å². The first-order valence-corrected chi connectivity index (χ1v) is 9.16. The number of thiophene rings is 1. The van der Waals surface area contributed by atoms with E-state index in [1.54, 1.807) is 31.4 Å². The molecule has 0 saturated carbocycles. The number of esters is 1. The van der Waals surface area contributed by atoms with Gasteiger partial charge in [-0.1, -0.05) is 18.2 Å². The summed E-state index contributed by atoms with van der Waals surface area (Å²) in [6.45, 7) is 2.02. The molecule has 2 aromatic rings. The Labute approximate surface area is 151 Å². The van der Waals surface area contributed by atoms with Crippen molar-refractivity contribution < 1.29 is 19.1 Å². The van der Waals surface area contributed by atoms with E-state index < -0.39 is 11.9 Å². The first-order chi connectivity index (χ1) is 12.2. The van der Waals surface area contributed by atoms with E-state index in [1.165, 1.54) is 0 Å². The number of hydrogen-bond acceptors (Lipinski definition) is 5. The number of allylic oxidation sites excluding steroid dienone is 2. The fourth-order valence-corrected chi connectivity index (χ4v) is 4.00. The van der Waals surface area contributed by atoms with Crippen molar-refractivity contribution in [2.75, 3.05) is 13.7 Å². The molecule has 0 saturated heterocycles. The summed E-state index contributed by atoms with van der Waals surface area (Å²) in [6, 6.07) is 9.59. The van der Waals surface area contributed by atoms with Crippen LogP contribution in [0.1, 0.15) is 30.4 Å². The lowest BCUT2D eigenvalue weighted by Crippen LogP contribution is -2.33. The van der Waals surface area contributed by atoms with E-state index >= 15 is 0 Å². The minimum atomic E-state index is -0.784. The van der Waals surface area contributed by atoms with E-state index in [2.05, 4.69) is 0 Å². The lowest BCUT2D eigenvalue weighted by Gasteiger charge is -2.29. The summed E-state index contributed by atoms with van der Waals surface area (Å²) in [5, 5.41) is 3.96. The summed E-state index contributed by atoms with van der Waals surface area (Å²) in [4.78, 5) is 25.2. The topological polar surface area (TPSA) is 52.6 Å². The molecule has 0 amide bonds. The van der Waals surface area contributed by atoms with Crippen molar-refractivity contribution in [1.29, 1.82) is 0 Å². The van der Waals surface area contributed by atoms with Crippen molar-refractivity contribution >= 4 is 28.7 Å². The van der Waals surface area contributed by atoms with Gasteiger partial charge in [0.05, 0.1) is 13.7 Å². The Morgan fingerprint density at radius 3 is 2.76 bits per heavy atom. The van der Waals surface area contributed by atoms with Crippen LogP contribution in [0.15, 0.2) is 47.2 Å². The molecule has 1 heterocycles. The zero-order chi connectivity index (χ0) is 17.8. The molecule has 1 aliphatic rings. The van der Waals surface area contributed by atoms with Gasteiger partial charge in [-0.05, 0) is 53.4 Å². The highest BCUT2D eigenvalue weighted by molar-refractivity contribution is 7.08. The number of ketones is 1. The first-order valence-electron chi connectivity index (χ1n) is 8.22. The second-order valence-corrected chi connectivity index (χ2v) is 6.65. The van der Waals surface area contributed by atoms with Crippen LogP contribution in [0.25, 0.3) is 5.57 Å². The summed E-state index contributed by atoms with van der Waals surface area (Å²) in [7, 11) is 1.61. The summed E-state index contributed by atoms with van der Waals surface area (Å²) in [5.74, 6) is -0.934. The predicted molar refractivity (Wildman–Crippen MR) is 97.8 cm³/mol. The second kappa shape index (κ2) is 7.66. The van der Waals surface area contributed by atoms with Crippen molar-refractivity contribution in [2.24, 2.45) is 5.92 Å². The molecule has 2 atom stereocenters. The molecule has 3 rings (SSSR count). The number of ether oxygens (including phenoxy) is 2. The fourth-order valence-electron chi connectivity index (χ4n) is 3.28. The van der Waals surface area contributed by atoms with Crippen LogP contribution in [0.3, 0.4) is 0 Å². The smallest absolute Gasteiger partial charge is 0.317 e. The van der Waals surface area contributed by atoms with Gasteiger partial charge in [0.2, 0.25) is 0 Å². The molecule has 0 bridgehead atoms. The van der Waals surface area contributed by atoms with Gasteiger partial charge in [-0.3, -0.25) is 9.59 Å². The van der Waals surface area contributed by atoms with Crippen molar-refractivity contribution in [1.82, 2.24) is 0 Å². The van der Waals surface area contributed by atoms with E-state index in [0.29, 0.717) is 6.42 Å². The third kappa shape index (κ3) is 3.51. The Morgan fingerprint density at radius 1 is 1.28 bits per heavy atom. The maximum atomic E-state index is 12.8. The van der Waals surface area contributed by atoms with Crippen molar-refractivity contribution in [3.63, 3.8) is 0 Å². The molecule has 2 unspecified atom stereocenters. The second-order valence-electron chi connectivity index (χ2n) is 5.87. The molecule has 1 aromatic carbocycles. The number of benzene rings is 1. The van der Waals surface area contributed by atoms with E-state index in [9.17, 15) is 9.59 Å². The monoisotopic (exact) mass is 356 g/mol. The van der Waals surface area contributed by atoms with Gasteiger partial charge in [-0.15, -0.1) is 0 Å². The third-order valence-corrected chi connectivity index (χ3v) is 5.13. The number of para-hydroxylation sites is 1. The number of carbonyl (C=O) groups is 2. The molecule has 25 heavy (non-hydrogen) atoms. The molecule has 0 fully saturated rings. The maximum absolute atomic E-state index is 12.8. The molecular weight excluding hydrogens is 336 g/mol. The quantitative estimate of drug-likeness (QED) is 0.598. The Bertz CT molecular complexity index is 792. The molecule has 0 spiro atoms. The Kier molecular flexibility index (Phi) is 5.34. The summed E-state index contributed by atoms with van der Waals surface area (Å²) in [6.07, 6.45) is 2.16. The van der Waals surface area contributed by atoms with Crippen LogP contribution in [-0.4, -0.2) is 25.5 Å². The average molecular weight is 356 g/mol. The van der Waals surface area contributed by atoms with Gasteiger partial charge >= 0.3 is 5.97 Å². The van der Waals surface area contributed by atoms with E-state index in [4.69, 9.17) is 9.47 Å². The van der Waals surface area contributed by atoms with Crippen LogP contribution in [-0.2, 0) is 14.3 Å². The van der Waals surface area contributed by atoms with Gasteiger partial charge in [0, 0.05) is 11.5 Å². The average Bonchev–Trinajstić information content (AvgIpc) is 3.15. The van der Waals surface area contributed by atoms with Crippen LogP contribution >= 0.6 is 11.3 Å². The molecule has 0 radical (unpaired) electrons. The highest BCUT2D eigenvalue weighted by atomic mass is 32.1. The highest BCUT2D eigenvalue weighted by Crippen LogP contribution is 2.42. The van der Waals surface area contributed by atoms with Gasteiger partial charge < -0.3 is 9.47 Å². The predicted octanol–water partition coefficient (Wildman–Crippen LogP) is 4.08. The Hall–Kier alpha value is -2.40. The standard InChI is InChI=1S/C20H20O4S/c1-3-24-20(22)19-16(13-8-9-25-12-13)10-14(11-17(19)21)15-6-4-5-7-18(15)23-2/h4-9,11-12,16,19H,3,10H2,1-2H3. The van der Waals surface area contributed by atoms with Gasteiger partial charge in [0.25, 0.3) is 0 Å². The molecule has 0 N–H and O–H groups in total. The molecule has 0 aliphatic heterocycles. The number of methoxy groups -OCH3 is 1. The molecule has 130 valence electrons. The molecule has 1 aromatic heterocycles. The third-order valence-electron chi connectivity index (χ3n) is 4.43. The fraction of sp³-hybridized carbons (Fsp3) is 0.300. The molecule has 4 nitrogen and oxygen atoms in total. The van der Waals surface area contributed by atoms with E-state index in [-0.39, 0.29) is 18.3 Å². The van der Waals surface area contributed by atoms with E-state index in [1.807, 2.05) is 41.1 Å². The largest absolute Gasteiger partial charge is 0.496 e. The van der Waals surface area contributed by atoms with Crippen LogP contribution in [0.4, 0.5) is 0 Å². The van der Waals surface area contributed by atoms with Gasteiger partial charge in [0.1, 0.15) is 11.7 Å². The minimum absolute atomic E-state index is 0.207. The van der Waals surface area contributed by atoms with Crippen LogP contribution in [0.2, 0.25) is 0 Å². The van der Waals surface area contributed by atoms with Crippen molar-refractivity contribution in [2.45, 2.75) is 19.3 Å². The van der Waals surface area contributed by atoms with Crippen LogP contribution < -0.4 is 4.74 Å². The zero-order valence-corrected chi connectivity index (χ0v) is 15.0. The molecule has 5 heteroatoms. The van der Waals surface area contributed by atoms with Gasteiger partial charge in [-0.2, -0.15) is 11.3 Å². The minimum Gasteiger partial charge on any atom is -0.496 e. The molecular formula is C20H20O4S. The maximum Gasteiger partial charge on any atom is 0.317 e. The normalized spacial score (nSPS) is 20.1. The van der Waals surface area contributed by atoms with Crippen molar-refractivity contribution in [3.8, 4) is 5.75 Å². The lowest BCUT2D eigenvalue weighted by molar-refractivity contribution is -0.151. The summed E-state index contributed by atoms with van der Waals surface area (Å²) < 4.78 is 10.6. The number of rotatable bonds is 5.